The SMILES string of the molecule is CCCC1CC(Nc2cccc(CO)c2)CCO1. The Bertz CT molecular complexity index is 365. The van der Waals surface area contributed by atoms with Crippen molar-refractivity contribution >= 4 is 5.69 Å². The minimum Gasteiger partial charge on any atom is -0.392 e. The maximum Gasteiger partial charge on any atom is 0.0682 e. The molecule has 0 spiro atoms. The lowest BCUT2D eigenvalue weighted by atomic mass is 9.99. The molecule has 3 heteroatoms. The van der Waals surface area contributed by atoms with Gasteiger partial charge >= 0.3 is 0 Å². The summed E-state index contributed by atoms with van der Waals surface area (Å²) < 4.78 is 5.75. The van der Waals surface area contributed by atoms with E-state index < -0.39 is 0 Å². The van der Waals surface area contributed by atoms with E-state index in [-0.39, 0.29) is 6.61 Å². The van der Waals surface area contributed by atoms with E-state index in [1.807, 2.05) is 18.2 Å². The molecule has 0 amide bonds. The van der Waals surface area contributed by atoms with Crippen LogP contribution in [0.4, 0.5) is 5.69 Å². The molecule has 18 heavy (non-hydrogen) atoms. The fraction of sp³-hybridized carbons (Fsp3) is 0.600. The summed E-state index contributed by atoms with van der Waals surface area (Å²) in [5.41, 5.74) is 2.06. The molecular formula is C15H23NO2. The van der Waals surface area contributed by atoms with Gasteiger partial charge in [0, 0.05) is 18.3 Å². The quantitative estimate of drug-likeness (QED) is 0.843. The average Bonchev–Trinajstić information content (AvgIpc) is 2.40. The molecule has 1 fully saturated rings. The second-order valence-corrected chi connectivity index (χ2v) is 5.01. The first-order valence-electron chi connectivity index (χ1n) is 6.89. The van der Waals surface area contributed by atoms with Gasteiger partial charge in [0.15, 0.2) is 0 Å². The van der Waals surface area contributed by atoms with Crippen LogP contribution < -0.4 is 5.32 Å². The number of hydrogen-bond acceptors (Lipinski definition) is 3. The van der Waals surface area contributed by atoms with Crippen molar-refractivity contribution in [3.63, 3.8) is 0 Å². The molecule has 3 nitrogen and oxygen atoms in total. The predicted molar refractivity (Wildman–Crippen MR) is 73.7 cm³/mol. The van der Waals surface area contributed by atoms with Gasteiger partial charge in [-0.15, -0.1) is 0 Å². The highest BCUT2D eigenvalue weighted by molar-refractivity contribution is 5.46. The van der Waals surface area contributed by atoms with Gasteiger partial charge in [0.25, 0.3) is 0 Å². The second-order valence-electron chi connectivity index (χ2n) is 5.01. The minimum atomic E-state index is 0.0990. The number of aliphatic hydroxyl groups excluding tert-OH is 1. The van der Waals surface area contributed by atoms with Gasteiger partial charge in [-0.25, -0.2) is 0 Å². The van der Waals surface area contributed by atoms with Crippen LogP contribution in [-0.2, 0) is 11.3 Å². The van der Waals surface area contributed by atoms with Crippen molar-refractivity contribution in [2.75, 3.05) is 11.9 Å². The largest absolute Gasteiger partial charge is 0.392 e. The third-order valence-electron chi connectivity index (χ3n) is 3.46. The van der Waals surface area contributed by atoms with Gasteiger partial charge < -0.3 is 15.2 Å². The summed E-state index contributed by atoms with van der Waals surface area (Å²) in [6.45, 7) is 3.15. The number of hydrogen-bond donors (Lipinski definition) is 2. The van der Waals surface area contributed by atoms with Crippen LogP contribution in [0.3, 0.4) is 0 Å². The third kappa shape index (κ3) is 3.72. The summed E-state index contributed by atoms with van der Waals surface area (Å²) in [5, 5.41) is 12.7. The Morgan fingerprint density at radius 1 is 1.44 bits per heavy atom. The molecule has 1 aromatic rings. The zero-order valence-corrected chi connectivity index (χ0v) is 11.1. The lowest BCUT2D eigenvalue weighted by Crippen LogP contribution is -2.34. The van der Waals surface area contributed by atoms with Crippen molar-refractivity contribution in [3.05, 3.63) is 29.8 Å². The molecule has 1 aliphatic heterocycles. The van der Waals surface area contributed by atoms with Gasteiger partial charge in [0.2, 0.25) is 0 Å². The zero-order valence-electron chi connectivity index (χ0n) is 11.1. The van der Waals surface area contributed by atoms with E-state index in [4.69, 9.17) is 9.84 Å². The van der Waals surface area contributed by atoms with Crippen LogP contribution >= 0.6 is 0 Å². The molecule has 0 bridgehead atoms. The first kappa shape index (κ1) is 13.4. The fourth-order valence-corrected chi connectivity index (χ4v) is 2.53. The highest BCUT2D eigenvalue weighted by Gasteiger charge is 2.21. The van der Waals surface area contributed by atoms with Crippen molar-refractivity contribution in [1.82, 2.24) is 0 Å². The predicted octanol–water partition coefficient (Wildman–Crippen LogP) is 2.94. The van der Waals surface area contributed by atoms with Gasteiger partial charge in [0.05, 0.1) is 12.7 Å². The maximum absolute atomic E-state index is 9.13. The van der Waals surface area contributed by atoms with Gasteiger partial charge in [-0.05, 0) is 37.0 Å². The highest BCUT2D eigenvalue weighted by Crippen LogP contribution is 2.22. The molecule has 2 N–H and O–H groups in total. The summed E-state index contributed by atoms with van der Waals surface area (Å²) >= 11 is 0. The fourth-order valence-electron chi connectivity index (χ4n) is 2.53. The molecule has 0 saturated carbocycles. The molecule has 0 aliphatic carbocycles. The van der Waals surface area contributed by atoms with E-state index in [2.05, 4.69) is 18.3 Å². The molecular weight excluding hydrogens is 226 g/mol. The first-order chi connectivity index (χ1) is 8.81. The Hall–Kier alpha value is -1.06. The molecule has 0 radical (unpaired) electrons. The molecule has 1 aliphatic rings. The van der Waals surface area contributed by atoms with Crippen LogP contribution in [0.25, 0.3) is 0 Å². The van der Waals surface area contributed by atoms with E-state index in [1.54, 1.807) is 0 Å². The van der Waals surface area contributed by atoms with Crippen molar-refractivity contribution in [1.29, 1.82) is 0 Å². The first-order valence-corrected chi connectivity index (χ1v) is 6.89. The summed E-state index contributed by atoms with van der Waals surface area (Å²) in [7, 11) is 0. The summed E-state index contributed by atoms with van der Waals surface area (Å²) in [4.78, 5) is 0. The number of aliphatic hydroxyl groups is 1. The smallest absolute Gasteiger partial charge is 0.0682 e. The Labute approximate surface area is 109 Å². The van der Waals surface area contributed by atoms with Crippen molar-refractivity contribution in [3.8, 4) is 0 Å². The minimum absolute atomic E-state index is 0.0990. The normalized spacial score (nSPS) is 23.9. The monoisotopic (exact) mass is 249 g/mol. The summed E-state index contributed by atoms with van der Waals surface area (Å²) in [6.07, 6.45) is 4.87. The molecule has 2 atom stereocenters. The lowest BCUT2D eigenvalue weighted by Gasteiger charge is -2.30. The standard InChI is InChI=1S/C15H23NO2/c1-2-4-15-10-14(7-8-18-15)16-13-6-3-5-12(9-13)11-17/h3,5-6,9,14-17H,2,4,7-8,10-11H2,1H3. The Morgan fingerprint density at radius 3 is 3.11 bits per heavy atom. The Balaban J connectivity index is 1.91. The van der Waals surface area contributed by atoms with E-state index in [1.165, 1.54) is 6.42 Å². The molecule has 2 unspecified atom stereocenters. The van der Waals surface area contributed by atoms with E-state index in [9.17, 15) is 0 Å². The maximum atomic E-state index is 9.13. The van der Waals surface area contributed by atoms with Crippen LogP contribution in [0.15, 0.2) is 24.3 Å². The molecule has 1 heterocycles. The highest BCUT2D eigenvalue weighted by atomic mass is 16.5. The van der Waals surface area contributed by atoms with Gasteiger partial charge in [-0.1, -0.05) is 25.5 Å². The average molecular weight is 249 g/mol. The summed E-state index contributed by atoms with van der Waals surface area (Å²) in [6, 6.07) is 8.49. The van der Waals surface area contributed by atoms with Crippen molar-refractivity contribution in [2.45, 2.75) is 51.4 Å². The van der Waals surface area contributed by atoms with Crippen LogP contribution in [0.2, 0.25) is 0 Å². The third-order valence-corrected chi connectivity index (χ3v) is 3.46. The Kier molecular flexibility index (Phi) is 5.02. The van der Waals surface area contributed by atoms with Crippen molar-refractivity contribution < 1.29 is 9.84 Å². The van der Waals surface area contributed by atoms with E-state index >= 15 is 0 Å². The number of nitrogens with one attached hydrogen (secondary N) is 1. The van der Waals surface area contributed by atoms with E-state index in [0.29, 0.717) is 12.1 Å². The van der Waals surface area contributed by atoms with Crippen LogP contribution in [0.1, 0.15) is 38.2 Å². The molecule has 100 valence electrons. The molecule has 1 aromatic carbocycles. The van der Waals surface area contributed by atoms with Crippen molar-refractivity contribution in [2.24, 2.45) is 0 Å². The number of ether oxygens (including phenoxy) is 1. The topological polar surface area (TPSA) is 41.5 Å². The van der Waals surface area contributed by atoms with Gasteiger partial charge in [0.1, 0.15) is 0 Å². The number of benzene rings is 1. The second kappa shape index (κ2) is 6.76. The van der Waals surface area contributed by atoms with Crippen LogP contribution in [0, 0.1) is 0 Å². The Morgan fingerprint density at radius 2 is 2.33 bits per heavy atom. The molecule has 2 rings (SSSR count). The molecule has 1 saturated heterocycles. The number of rotatable bonds is 5. The number of anilines is 1. The summed E-state index contributed by atoms with van der Waals surface area (Å²) in [5.74, 6) is 0. The van der Waals surface area contributed by atoms with Gasteiger partial charge in [-0.2, -0.15) is 0 Å². The van der Waals surface area contributed by atoms with Gasteiger partial charge in [-0.3, -0.25) is 0 Å². The lowest BCUT2D eigenvalue weighted by molar-refractivity contribution is 0.00598. The zero-order chi connectivity index (χ0) is 12.8. The molecule has 0 aromatic heterocycles. The van der Waals surface area contributed by atoms with E-state index in [0.717, 1.165) is 37.1 Å². The van der Waals surface area contributed by atoms with Crippen LogP contribution in [-0.4, -0.2) is 23.9 Å². The van der Waals surface area contributed by atoms with Crippen LogP contribution in [0.5, 0.6) is 0 Å².